The molecule has 0 saturated heterocycles. The number of hydrogen-bond donors (Lipinski definition) is 0. The molecule has 0 spiro atoms. The Bertz CT molecular complexity index is 692. The molecule has 0 amide bonds. The molecule has 0 N–H and O–H groups in total. The molecule has 1 aromatic heterocycles. The maximum atomic E-state index is 6.01. The SMILES string of the molecule is ClCc1cc(Cl)cc2oc(-c3ccccc3)nc12. The maximum absolute atomic E-state index is 6.01. The molecule has 4 heteroatoms. The lowest BCUT2D eigenvalue weighted by molar-refractivity contribution is 0.620. The fourth-order valence-electron chi connectivity index (χ4n) is 1.87. The van der Waals surface area contributed by atoms with Crippen molar-refractivity contribution in [1.29, 1.82) is 0 Å². The van der Waals surface area contributed by atoms with E-state index in [9.17, 15) is 0 Å². The molecule has 0 saturated carbocycles. The molecule has 0 unspecified atom stereocenters. The highest BCUT2D eigenvalue weighted by Crippen LogP contribution is 2.29. The Morgan fingerprint density at radius 1 is 1.11 bits per heavy atom. The molecule has 0 aliphatic heterocycles. The van der Waals surface area contributed by atoms with Crippen molar-refractivity contribution in [3.05, 3.63) is 53.1 Å². The van der Waals surface area contributed by atoms with Gasteiger partial charge in [-0.05, 0) is 23.8 Å². The summed E-state index contributed by atoms with van der Waals surface area (Å²) in [7, 11) is 0. The predicted octanol–water partition coefficient (Wildman–Crippen LogP) is 4.89. The van der Waals surface area contributed by atoms with Crippen LogP contribution in [0.1, 0.15) is 5.56 Å². The van der Waals surface area contributed by atoms with Gasteiger partial charge in [-0.3, -0.25) is 0 Å². The summed E-state index contributed by atoms with van der Waals surface area (Å²) in [6.45, 7) is 0. The Morgan fingerprint density at radius 3 is 2.61 bits per heavy atom. The minimum absolute atomic E-state index is 0.359. The van der Waals surface area contributed by atoms with Gasteiger partial charge in [-0.15, -0.1) is 11.6 Å². The van der Waals surface area contributed by atoms with E-state index in [1.165, 1.54) is 0 Å². The lowest BCUT2D eigenvalue weighted by atomic mass is 10.2. The Balaban J connectivity index is 2.23. The van der Waals surface area contributed by atoms with Crippen molar-refractivity contribution in [2.24, 2.45) is 0 Å². The van der Waals surface area contributed by atoms with Crippen LogP contribution in [0.4, 0.5) is 0 Å². The standard InChI is InChI=1S/C14H9Cl2NO/c15-8-10-6-11(16)7-12-13(10)17-14(18-12)9-4-2-1-3-5-9/h1-7H,8H2. The molecule has 90 valence electrons. The van der Waals surface area contributed by atoms with Gasteiger partial charge in [0.1, 0.15) is 5.52 Å². The normalized spacial score (nSPS) is 11.0. The number of aromatic nitrogens is 1. The van der Waals surface area contributed by atoms with E-state index >= 15 is 0 Å². The molecule has 1 heterocycles. The molecule has 0 aliphatic carbocycles. The van der Waals surface area contributed by atoms with Gasteiger partial charge >= 0.3 is 0 Å². The number of hydrogen-bond acceptors (Lipinski definition) is 2. The molecule has 2 aromatic carbocycles. The summed E-state index contributed by atoms with van der Waals surface area (Å²) in [4.78, 5) is 4.49. The Labute approximate surface area is 114 Å². The van der Waals surface area contributed by atoms with Crippen molar-refractivity contribution in [2.75, 3.05) is 0 Å². The van der Waals surface area contributed by atoms with E-state index in [1.54, 1.807) is 6.07 Å². The number of benzene rings is 2. The van der Waals surface area contributed by atoms with Gasteiger partial charge in [-0.2, -0.15) is 0 Å². The van der Waals surface area contributed by atoms with Gasteiger partial charge in [0, 0.05) is 22.5 Å². The molecule has 0 aliphatic rings. The maximum Gasteiger partial charge on any atom is 0.227 e. The van der Waals surface area contributed by atoms with Gasteiger partial charge in [0.15, 0.2) is 5.58 Å². The van der Waals surface area contributed by atoms with E-state index in [1.807, 2.05) is 36.4 Å². The van der Waals surface area contributed by atoms with E-state index in [-0.39, 0.29) is 0 Å². The monoisotopic (exact) mass is 277 g/mol. The number of halogens is 2. The van der Waals surface area contributed by atoms with E-state index in [0.29, 0.717) is 22.4 Å². The van der Waals surface area contributed by atoms with Crippen LogP contribution in [0.2, 0.25) is 5.02 Å². The predicted molar refractivity (Wildman–Crippen MR) is 74.0 cm³/mol. The molecular weight excluding hydrogens is 269 g/mol. The molecule has 0 bridgehead atoms. The number of oxazole rings is 1. The van der Waals surface area contributed by atoms with Crippen LogP contribution in [0.3, 0.4) is 0 Å². The van der Waals surface area contributed by atoms with Crippen LogP contribution in [-0.4, -0.2) is 4.98 Å². The fraction of sp³-hybridized carbons (Fsp3) is 0.0714. The lowest BCUT2D eigenvalue weighted by Crippen LogP contribution is -1.81. The van der Waals surface area contributed by atoms with Gasteiger partial charge in [0.2, 0.25) is 5.89 Å². The second-order valence-corrected chi connectivity index (χ2v) is 4.63. The first kappa shape index (κ1) is 11.6. The van der Waals surface area contributed by atoms with E-state index < -0.39 is 0 Å². The van der Waals surface area contributed by atoms with E-state index in [4.69, 9.17) is 27.6 Å². The molecular formula is C14H9Cl2NO. The van der Waals surface area contributed by atoms with Crippen LogP contribution in [-0.2, 0) is 5.88 Å². The van der Waals surface area contributed by atoms with Crippen molar-refractivity contribution in [2.45, 2.75) is 5.88 Å². The molecule has 0 fully saturated rings. The van der Waals surface area contributed by atoms with Crippen LogP contribution >= 0.6 is 23.2 Å². The first-order valence-electron chi connectivity index (χ1n) is 5.48. The quantitative estimate of drug-likeness (QED) is 0.624. The summed E-state index contributed by atoms with van der Waals surface area (Å²) < 4.78 is 5.72. The van der Waals surface area contributed by atoms with Crippen LogP contribution in [0.5, 0.6) is 0 Å². The van der Waals surface area contributed by atoms with Crippen molar-refractivity contribution in [3.8, 4) is 11.5 Å². The van der Waals surface area contributed by atoms with Crippen LogP contribution in [0.15, 0.2) is 46.9 Å². The summed E-state index contributed by atoms with van der Waals surface area (Å²) in [5, 5.41) is 0.605. The highest BCUT2D eigenvalue weighted by atomic mass is 35.5. The fourth-order valence-corrected chi connectivity index (χ4v) is 2.30. The van der Waals surface area contributed by atoms with Crippen molar-refractivity contribution in [3.63, 3.8) is 0 Å². The van der Waals surface area contributed by atoms with Crippen LogP contribution in [0.25, 0.3) is 22.6 Å². The van der Waals surface area contributed by atoms with Gasteiger partial charge in [-0.1, -0.05) is 29.8 Å². The lowest BCUT2D eigenvalue weighted by Gasteiger charge is -1.96. The van der Waals surface area contributed by atoms with E-state index in [0.717, 1.165) is 16.6 Å². The second-order valence-electron chi connectivity index (χ2n) is 3.93. The number of fused-ring (bicyclic) bond motifs is 1. The summed E-state index contributed by atoms with van der Waals surface area (Å²) in [6, 6.07) is 13.3. The van der Waals surface area contributed by atoms with Crippen molar-refractivity contribution in [1.82, 2.24) is 4.98 Å². The average molecular weight is 278 g/mol. The third-order valence-electron chi connectivity index (χ3n) is 2.70. The van der Waals surface area contributed by atoms with E-state index in [2.05, 4.69) is 4.98 Å². The Morgan fingerprint density at radius 2 is 1.89 bits per heavy atom. The zero-order valence-electron chi connectivity index (χ0n) is 9.36. The van der Waals surface area contributed by atoms with Crippen LogP contribution in [0, 0.1) is 0 Å². The first-order chi connectivity index (χ1) is 8.78. The number of rotatable bonds is 2. The third-order valence-corrected chi connectivity index (χ3v) is 3.21. The zero-order valence-corrected chi connectivity index (χ0v) is 10.9. The van der Waals surface area contributed by atoms with Gasteiger partial charge in [0.25, 0.3) is 0 Å². The van der Waals surface area contributed by atoms with Gasteiger partial charge in [0.05, 0.1) is 0 Å². The minimum atomic E-state index is 0.359. The highest BCUT2D eigenvalue weighted by Gasteiger charge is 2.12. The summed E-state index contributed by atoms with van der Waals surface area (Å²) in [5.41, 5.74) is 3.25. The minimum Gasteiger partial charge on any atom is -0.436 e. The molecule has 0 radical (unpaired) electrons. The number of alkyl halides is 1. The first-order valence-corrected chi connectivity index (χ1v) is 6.39. The molecule has 3 aromatic rings. The smallest absolute Gasteiger partial charge is 0.227 e. The summed E-state index contributed by atoms with van der Waals surface area (Å²) in [5.74, 6) is 0.942. The summed E-state index contributed by atoms with van der Waals surface area (Å²) in [6.07, 6.45) is 0. The molecule has 3 rings (SSSR count). The molecule has 0 atom stereocenters. The average Bonchev–Trinajstić information content (AvgIpc) is 2.82. The second kappa shape index (κ2) is 4.63. The number of nitrogens with zero attached hydrogens (tertiary/aromatic N) is 1. The topological polar surface area (TPSA) is 26.0 Å². The van der Waals surface area contributed by atoms with Crippen molar-refractivity contribution >= 4 is 34.3 Å². The Kier molecular flexibility index (Phi) is 2.98. The summed E-state index contributed by atoms with van der Waals surface area (Å²) >= 11 is 11.9. The van der Waals surface area contributed by atoms with Crippen molar-refractivity contribution < 1.29 is 4.42 Å². The highest BCUT2D eigenvalue weighted by molar-refractivity contribution is 6.31. The molecule has 18 heavy (non-hydrogen) atoms. The van der Waals surface area contributed by atoms with Crippen LogP contribution < -0.4 is 0 Å². The zero-order chi connectivity index (χ0) is 12.5. The van der Waals surface area contributed by atoms with Gasteiger partial charge < -0.3 is 4.42 Å². The third kappa shape index (κ3) is 1.98. The van der Waals surface area contributed by atoms with Gasteiger partial charge in [-0.25, -0.2) is 4.98 Å². The molecule has 2 nitrogen and oxygen atoms in total. The largest absolute Gasteiger partial charge is 0.436 e. The Hall–Kier alpha value is -1.51.